The summed E-state index contributed by atoms with van der Waals surface area (Å²) >= 11 is 1.93. The van der Waals surface area contributed by atoms with Crippen molar-refractivity contribution in [2.75, 3.05) is 0 Å². The number of hydrogen-bond donors (Lipinski definition) is 0. The maximum Gasteiger partial charge on any atom is 0.164 e. The second-order valence-corrected chi connectivity index (χ2v) is 9.84. The minimum absolute atomic E-state index is 0.224. The molecular formula is C28H23N3S. The van der Waals surface area contributed by atoms with Gasteiger partial charge in [-0.2, -0.15) is 0 Å². The second-order valence-electron chi connectivity index (χ2n) is 8.66. The van der Waals surface area contributed by atoms with Crippen molar-refractivity contribution in [2.45, 2.75) is 35.8 Å². The lowest BCUT2D eigenvalue weighted by atomic mass is 9.89. The van der Waals surface area contributed by atoms with Gasteiger partial charge in [-0.3, -0.25) is 0 Å². The molecule has 4 aromatic rings. The molecule has 0 fully saturated rings. The van der Waals surface area contributed by atoms with Gasteiger partial charge in [0.1, 0.15) is 5.82 Å². The molecule has 2 atom stereocenters. The first-order valence-electron chi connectivity index (χ1n) is 11.1. The Morgan fingerprint density at radius 3 is 2.22 bits per heavy atom. The highest BCUT2D eigenvalue weighted by atomic mass is 32.2. The van der Waals surface area contributed by atoms with Crippen LogP contribution >= 0.6 is 11.8 Å². The van der Waals surface area contributed by atoms with Crippen LogP contribution in [-0.4, -0.2) is 20.2 Å². The molecule has 0 radical (unpaired) electrons. The van der Waals surface area contributed by atoms with E-state index in [1.54, 1.807) is 0 Å². The summed E-state index contributed by atoms with van der Waals surface area (Å²) in [5, 5.41) is 3.05. The summed E-state index contributed by atoms with van der Waals surface area (Å²) in [4.78, 5) is 15.9. The molecule has 2 aliphatic rings. The predicted molar refractivity (Wildman–Crippen MR) is 132 cm³/mol. The number of thioether (sulfide) groups is 1. The quantitative estimate of drug-likeness (QED) is 0.447. The first-order valence-corrected chi connectivity index (χ1v) is 12.0. The highest BCUT2D eigenvalue weighted by molar-refractivity contribution is 8.00. The summed E-state index contributed by atoms with van der Waals surface area (Å²) in [5.41, 5.74) is 3.49. The topological polar surface area (TPSA) is 38.7 Å². The molecule has 2 heterocycles. The lowest BCUT2D eigenvalue weighted by molar-refractivity contribution is 0.765. The molecule has 0 bridgehead atoms. The van der Waals surface area contributed by atoms with Gasteiger partial charge in [0.25, 0.3) is 0 Å². The van der Waals surface area contributed by atoms with E-state index in [2.05, 4.69) is 80.6 Å². The Labute approximate surface area is 192 Å². The largest absolute Gasteiger partial charge is 0.213 e. The minimum atomic E-state index is 0.224. The molecule has 0 spiro atoms. The van der Waals surface area contributed by atoms with Crippen LogP contribution in [0.1, 0.15) is 37.1 Å². The van der Waals surface area contributed by atoms with Crippen LogP contribution in [0.25, 0.3) is 34.9 Å². The van der Waals surface area contributed by atoms with E-state index in [4.69, 9.17) is 15.0 Å². The first-order chi connectivity index (χ1) is 15.7. The summed E-state index contributed by atoms with van der Waals surface area (Å²) in [6, 6.07) is 25.4. The standard InChI is InChI=1S/C28H23N3S/c1-17(2)26-29-27(18-9-4-3-5-10-18)31-28(30-26)22-14-8-13-21-23-15-19-11-6-7-12-20(19)16-24(23)32-25(21)22/h3-17,23-24H,1-2H3. The highest BCUT2D eigenvalue weighted by Gasteiger charge is 2.34. The molecule has 6 rings (SSSR count). The van der Waals surface area contributed by atoms with Crippen LogP contribution in [0.3, 0.4) is 0 Å². The molecule has 1 aromatic heterocycles. The summed E-state index contributed by atoms with van der Waals surface area (Å²) in [6.07, 6.45) is 4.84. The number of fused-ring (bicyclic) bond motifs is 4. The molecule has 0 N–H and O–H groups in total. The third-order valence-corrected chi connectivity index (χ3v) is 7.55. The van der Waals surface area contributed by atoms with Crippen LogP contribution < -0.4 is 10.4 Å². The number of benzene rings is 3. The van der Waals surface area contributed by atoms with Gasteiger partial charge in [-0.1, -0.05) is 98.8 Å². The molecule has 156 valence electrons. The van der Waals surface area contributed by atoms with Crippen molar-refractivity contribution in [3.63, 3.8) is 0 Å². The van der Waals surface area contributed by atoms with Crippen LogP contribution in [-0.2, 0) is 0 Å². The average molecular weight is 434 g/mol. The van der Waals surface area contributed by atoms with Crippen LogP contribution in [0.5, 0.6) is 0 Å². The SMILES string of the molecule is CC(C)c1nc(-c2ccccc2)nc(-c2cccc3c2SC2C=c4ccccc4=CC32)n1. The van der Waals surface area contributed by atoms with E-state index in [0.29, 0.717) is 11.2 Å². The number of rotatable bonds is 3. The highest BCUT2D eigenvalue weighted by Crippen LogP contribution is 2.51. The van der Waals surface area contributed by atoms with Gasteiger partial charge in [0.05, 0.1) is 0 Å². The molecule has 1 aliphatic heterocycles. The van der Waals surface area contributed by atoms with Crippen LogP contribution in [0.2, 0.25) is 0 Å². The molecule has 0 amide bonds. The second kappa shape index (κ2) is 7.72. The Kier molecular flexibility index (Phi) is 4.69. The van der Waals surface area contributed by atoms with Crippen LogP contribution in [0, 0.1) is 0 Å². The average Bonchev–Trinajstić information content (AvgIpc) is 3.20. The first kappa shape index (κ1) is 19.4. The molecule has 3 aromatic carbocycles. The fraction of sp³-hybridized carbons (Fsp3) is 0.179. The predicted octanol–water partition coefficient (Wildman–Crippen LogP) is 5.16. The van der Waals surface area contributed by atoms with E-state index < -0.39 is 0 Å². The van der Waals surface area contributed by atoms with Gasteiger partial charge in [-0.15, -0.1) is 11.8 Å². The fourth-order valence-corrected chi connectivity index (χ4v) is 5.99. The lowest BCUT2D eigenvalue weighted by Crippen LogP contribution is -2.31. The number of hydrogen-bond acceptors (Lipinski definition) is 4. The van der Waals surface area contributed by atoms with E-state index in [1.165, 1.54) is 20.9 Å². The maximum absolute atomic E-state index is 4.93. The van der Waals surface area contributed by atoms with Crippen LogP contribution in [0.4, 0.5) is 0 Å². The third-order valence-electron chi connectivity index (χ3n) is 6.15. The fourth-order valence-electron chi connectivity index (χ4n) is 4.51. The maximum atomic E-state index is 4.93. The lowest BCUT2D eigenvalue weighted by Gasteiger charge is -2.16. The summed E-state index contributed by atoms with van der Waals surface area (Å²) in [6.45, 7) is 4.27. The van der Waals surface area contributed by atoms with Gasteiger partial charge in [0.15, 0.2) is 11.6 Å². The molecule has 0 saturated heterocycles. The van der Waals surface area contributed by atoms with Gasteiger partial charge in [-0.05, 0) is 16.0 Å². The summed E-state index contributed by atoms with van der Waals surface area (Å²) < 4.78 is 0. The van der Waals surface area contributed by atoms with E-state index in [9.17, 15) is 0 Å². The minimum Gasteiger partial charge on any atom is -0.213 e. The molecular weight excluding hydrogens is 410 g/mol. The Balaban J connectivity index is 1.50. The third kappa shape index (κ3) is 3.26. The van der Waals surface area contributed by atoms with Crippen molar-refractivity contribution in [3.8, 4) is 22.8 Å². The number of nitrogens with zero attached hydrogens (tertiary/aromatic N) is 3. The van der Waals surface area contributed by atoms with Crippen molar-refractivity contribution >= 4 is 23.9 Å². The van der Waals surface area contributed by atoms with Gasteiger partial charge >= 0.3 is 0 Å². The molecule has 3 nitrogen and oxygen atoms in total. The Hall–Kier alpha value is -3.24. The molecule has 32 heavy (non-hydrogen) atoms. The smallest absolute Gasteiger partial charge is 0.164 e. The van der Waals surface area contributed by atoms with Crippen molar-refractivity contribution in [3.05, 3.63) is 94.6 Å². The Morgan fingerprint density at radius 2 is 1.44 bits per heavy atom. The van der Waals surface area contributed by atoms with Crippen molar-refractivity contribution in [1.82, 2.24) is 15.0 Å². The molecule has 2 unspecified atom stereocenters. The monoisotopic (exact) mass is 433 g/mol. The van der Waals surface area contributed by atoms with Gasteiger partial charge in [0.2, 0.25) is 0 Å². The van der Waals surface area contributed by atoms with Crippen LogP contribution in [0.15, 0.2) is 77.7 Å². The van der Waals surface area contributed by atoms with Gasteiger partial charge in [-0.25, -0.2) is 15.0 Å². The zero-order valence-corrected chi connectivity index (χ0v) is 18.9. The summed E-state index contributed by atoms with van der Waals surface area (Å²) in [5.74, 6) is 2.94. The van der Waals surface area contributed by atoms with Gasteiger partial charge in [0, 0.05) is 33.1 Å². The molecule has 4 heteroatoms. The van der Waals surface area contributed by atoms with Gasteiger partial charge < -0.3 is 0 Å². The normalized spacial score (nSPS) is 18.3. The molecule has 1 aliphatic carbocycles. The summed E-state index contributed by atoms with van der Waals surface area (Å²) in [7, 11) is 0. The van der Waals surface area contributed by atoms with Crippen molar-refractivity contribution < 1.29 is 0 Å². The van der Waals surface area contributed by atoms with Crippen molar-refractivity contribution in [1.29, 1.82) is 0 Å². The zero-order valence-electron chi connectivity index (χ0n) is 18.1. The van der Waals surface area contributed by atoms with E-state index >= 15 is 0 Å². The Bertz CT molecular complexity index is 1440. The van der Waals surface area contributed by atoms with E-state index in [-0.39, 0.29) is 5.92 Å². The zero-order chi connectivity index (χ0) is 21.7. The Morgan fingerprint density at radius 1 is 0.719 bits per heavy atom. The van der Waals surface area contributed by atoms with E-state index in [0.717, 1.165) is 28.6 Å². The number of aromatic nitrogens is 3. The van der Waals surface area contributed by atoms with Crippen molar-refractivity contribution in [2.24, 2.45) is 0 Å². The molecule has 0 saturated carbocycles. The van der Waals surface area contributed by atoms with E-state index in [1.807, 2.05) is 30.0 Å².